The van der Waals surface area contributed by atoms with E-state index >= 15 is 0 Å². The van der Waals surface area contributed by atoms with Gasteiger partial charge < -0.3 is 5.73 Å². The minimum atomic E-state index is 0.471. The fraction of sp³-hybridized carbons (Fsp3) is 0.125. The highest BCUT2D eigenvalue weighted by Gasteiger charge is 2.12. The summed E-state index contributed by atoms with van der Waals surface area (Å²) in [5, 5.41) is 7.75. The number of halogens is 1. The smallest absolute Gasteiger partial charge is 0.156 e. The molecule has 0 saturated carbocycles. The van der Waals surface area contributed by atoms with E-state index in [0.717, 1.165) is 11.3 Å². The number of aromatic nitrogens is 4. The summed E-state index contributed by atoms with van der Waals surface area (Å²) in [4.78, 5) is 4.01. The number of hydrogen-bond donors (Lipinski definition) is 1. The Morgan fingerprint density at radius 3 is 2.86 bits per heavy atom. The first-order valence-electron chi connectivity index (χ1n) is 3.96. The van der Waals surface area contributed by atoms with Gasteiger partial charge in [-0.2, -0.15) is 0 Å². The standard InChI is InChI=1S/C8H8BrN5/c1-14-6(7(9)12-13-14)5-3-2-4-11-8(5)10/h2-4H,1H3,(H2,10,11). The first kappa shape index (κ1) is 9.14. The van der Waals surface area contributed by atoms with Crippen molar-refractivity contribution in [3.63, 3.8) is 0 Å². The van der Waals surface area contributed by atoms with Crippen LogP contribution >= 0.6 is 15.9 Å². The summed E-state index contributed by atoms with van der Waals surface area (Å²) in [5.41, 5.74) is 7.40. The van der Waals surface area contributed by atoms with Gasteiger partial charge in [0, 0.05) is 18.8 Å². The van der Waals surface area contributed by atoms with Crippen LogP contribution in [-0.2, 0) is 7.05 Å². The zero-order valence-electron chi connectivity index (χ0n) is 7.48. The predicted molar refractivity (Wildman–Crippen MR) is 56.3 cm³/mol. The lowest BCUT2D eigenvalue weighted by Gasteiger charge is -2.03. The molecule has 2 aromatic rings. The minimum Gasteiger partial charge on any atom is -0.383 e. The Kier molecular flexibility index (Phi) is 2.20. The second kappa shape index (κ2) is 3.38. The number of anilines is 1. The molecule has 5 nitrogen and oxygen atoms in total. The number of nitrogen functional groups attached to an aromatic ring is 1. The highest BCUT2D eigenvalue weighted by Crippen LogP contribution is 2.28. The van der Waals surface area contributed by atoms with Crippen molar-refractivity contribution >= 4 is 21.7 Å². The summed E-state index contributed by atoms with van der Waals surface area (Å²) in [6, 6.07) is 3.71. The van der Waals surface area contributed by atoms with E-state index in [2.05, 4.69) is 31.2 Å². The minimum absolute atomic E-state index is 0.471. The molecule has 0 aromatic carbocycles. The Hall–Kier alpha value is -1.43. The first-order chi connectivity index (χ1) is 6.70. The van der Waals surface area contributed by atoms with E-state index < -0.39 is 0 Å². The van der Waals surface area contributed by atoms with Gasteiger partial charge in [-0.25, -0.2) is 9.67 Å². The van der Waals surface area contributed by atoms with Crippen molar-refractivity contribution in [2.45, 2.75) is 0 Å². The molecule has 2 aromatic heterocycles. The Balaban J connectivity index is 2.66. The molecule has 0 aliphatic heterocycles. The van der Waals surface area contributed by atoms with Crippen LogP contribution in [0.3, 0.4) is 0 Å². The van der Waals surface area contributed by atoms with Gasteiger partial charge in [-0.1, -0.05) is 5.21 Å². The zero-order valence-corrected chi connectivity index (χ0v) is 9.06. The normalized spacial score (nSPS) is 10.4. The van der Waals surface area contributed by atoms with E-state index in [0.29, 0.717) is 10.4 Å². The topological polar surface area (TPSA) is 69.6 Å². The number of hydrogen-bond acceptors (Lipinski definition) is 4. The van der Waals surface area contributed by atoms with Crippen LogP contribution in [0.5, 0.6) is 0 Å². The third kappa shape index (κ3) is 1.37. The summed E-state index contributed by atoms with van der Waals surface area (Å²) in [5.74, 6) is 0.471. The molecule has 6 heteroatoms. The van der Waals surface area contributed by atoms with E-state index in [4.69, 9.17) is 5.73 Å². The van der Waals surface area contributed by atoms with Gasteiger partial charge >= 0.3 is 0 Å². The molecule has 0 atom stereocenters. The van der Waals surface area contributed by atoms with Crippen LogP contribution in [0.2, 0.25) is 0 Å². The van der Waals surface area contributed by atoms with Crippen LogP contribution in [0.15, 0.2) is 22.9 Å². The molecule has 0 aliphatic rings. The zero-order chi connectivity index (χ0) is 10.1. The molecule has 0 amide bonds. The van der Waals surface area contributed by atoms with Crippen molar-refractivity contribution in [2.75, 3.05) is 5.73 Å². The number of rotatable bonds is 1. The molecule has 0 aliphatic carbocycles. The van der Waals surface area contributed by atoms with Crippen LogP contribution in [0.25, 0.3) is 11.3 Å². The summed E-state index contributed by atoms with van der Waals surface area (Å²) >= 11 is 3.31. The van der Waals surface area contributed by atoms with Gasteiger partial charge in [-0.05, 0) is 28.1 Å². The lowest BCUT2D eigenvalue weighted by molar-refractivity contribution is 0.720. The number of nitrogens with two attached hydrogens (primary N) is 1. The van der Waals surface area contributed by atoms with Crippen molar-refractivity contribution in [1.29, 1.82) is 0 Å². The number of aryl methyl sites for hydroxylation is 1. The monoisotopic (exact) mass is 253 g/mol. The molecule has 0 radical (unpaired) electrons. The summed E-state index contributed by atoms with van der Waals surface area (Å²) in [6.45, 7) is 0. The van der Waals surface area contributed by atoms with E-state index in [1.165, 1.54) is 0 Å². The van der Waals surface area contributed by atoms with E-state index in [9.17, 15) is 0 Å². The molecule has 72 valence electrons. The molecular formula is C8H8BrN5. The fourth-order valence-electron chi connectivity index (χ4n) is 1.24. The van der Waals surface area contributed by atoms with Gasteiger partial charge in [-0.3, -0.25) is 0 Å². The highest BCUT2D eigenvalue weighted by atomic mass is 79.9. The average Bonchev–Trinajstić information content (AvgIpc) is 2.48. The summed E-state index contributed by atoms with van der Waals surface area (Å²) in [6.07, 6.45) is 1.65. The Bertz CT molecular complexity index is 445. The first-order valence-corrected chi connectivity index (χ1v) is 4.75. The summed E-state index contributed by atoms with van der Waals surface area (Å²) < 4.78 is 2.32. The van der Waals surface area contributed by atoms with Gasteiger partial charge in [0.2, 0.25) is 0 Å². The maximum Gasteiger partial charge on any atom is 0.156 e. The van der Waals surface area contributed by atoms with Gasteiger partial charge in [0.15, 0.2) is 4.60 Å². The Labute approximate surface area is 89.1 Å². The quantitative estimate of drug-likeness (QED) is 0.830. The Morgan fingerprint density at radius 1 is 1.50 bits per heavy atom. The Morgan fingerprint density at radius 2 is 2.29 bits per heavy atom. The van der Waals surface area contributed by atoms with E-state index in [1.54, 1.807) is 17.9 Å². The lowest BCUT2D eigenvalue weighted by Crippen LogP contribution is -1.98. The second-order valence-electron chi connectivity index (χ2n) is 2.79. The van der Waals surface area contributed by atoms with Crippen molar-refractivity contribution in [3.05, 3.63) is 22.9 Å². The molecule has 2 heterocycles. The average molecular weight is 254 g/mol. The molecule has 14 heavy (non-hydrogen) atoms. The van der Waals surface area contributed by atoms with Crippen LogP contribution in [-0.4, -0.2) is 20.0 Å². The predicted octanol–water partition coefficient (Wildman–Crippen LogP) is 1.22. The SMILES string of the molecule is Cn1nnc(Br)c1-c1cccnc1N. The largest absolute Gasteiger partial charge is 0.383 e. The maximum absolute atomic E-state index is 5.75. The van der Waals surface area contributed by atoms with Crippen molar-refractivity contribution < 1.29 is 0 Å². The van der Waals surface area contributed by atoms with Crippen molar-refractivity contribution in [3.8, 4) is 11.3 Å². The van der Waals surface area contributed by atoms with E-state index in [-0.39, 0.29) is 0 Å². The van der Waals surface area contributed by atoms with Crippen LogP contribution in [0, 0.1) is 0 Å². The third-order valence-electron chi connectivity index (χ3n) is 1.88. The molecular weight excluding hydrogens is 246 g/mol. The summed E-state index contributed by atoms with van der Waals surface area (Å²) in [7, 11) is 1.81. The molecule has 0 unspecified atom stereocenters. The number of nitrogens with zero attached hydrogens (tertiary/aromatic N) is 4. The molecule has 0 spiro atoms. The van der Waals surface area contributed by atoms with E-state index in [1.807, 2.05) is 12.1 Å². The van der Waals surface area contributed by atoms with Crippen LogP contribution in [0.1, 0.15) is 0 Å². The van der Waals surface area contributed by atoms with Crippen LogP contribution in [0.4, 0.5) is 5.82 Å². The second-order valence-corrected chi connectivity index (χ2v) is 3.54. The molecule has 0 bridgehead atoms. The third-order valence-corrected chi connectivity index (χ3v) is 2.41. The lowest BCUT2D eigenvalue weighted by atomic mass is 10.2. The molecule has 0 saturated heterocycles. The van der Waals surface area contributed by atoms with Gasteiger partial charge in [0.05, 0.1) is 0 Å². The maximum atomic E-state index is 5.75. The number of pyridine rings is 1. The fourth-order valence-corrected chi connectivity index (χ4v) is 1.78. The van der Waals surface area contributed by atoms with Crippen LogP contribution < -0.4 is 5.73 Å². The van der Waals surface area contributed by atoms with Crippen molar-refractivity contribution in [2.24, 2.45) is 7.05 Å². The highest BCUT2D eigenvalue weighted by molar-refractivity contribution is 9.10. The van der Waals surface area contributed by atoms with Gasteiger partial charge in [0.25, 0.3) is 0 Å². The van der Waals surface area contributed by atoms with Gasteiger partial charge in [0.1, 0.15) is 11.5 Å². The molecule has 0 fully saturated rings. The van der Waals surface area contributed by atoms with Crippen molar-refractivity contribution in [1.82, 2.24) is 20.0 Å². The van der Waals surface area contributed by atoms with Gasteiger partial charge in [-0.15, -0.1) is 5.10 Å². The molecule has 2 rings (SSSR count). The molecule has 2 N–H and O–H groups in total.